The lowest BCUT2D eigenvalue weighted by atomic mass is 10.1. The van der Waals surface area contributed by atoms with Gasteiger partial charge in [-0.1, -0.05) is 38.0 Å². The molecule has 1 aliphatic heterocycles. The second kappa shape index (κ2) is 5.35. The first-order chi connectivity index (χ1) is 7.81. The van der Waals surface area contributed by atoms with Crippen LogP contribution >= 0.6 is 0 Å². The summed E-state index contributed by atoms with van der Waals surface area (Å²) in [6.07, 6.45) is 3.81. The van der Waals surface area contributed by atoms with Crippen LogP contribution in [-0.2, 0) is 0 Å². The number of hydrogen-bond acceptors (Lipinski definition) is 2. The van der Waals surface area contributed by atoms with Gasteiger partial charge in [-0.05, 0) is 19.4 Å². The monoisotopic (exact) mass is 219 g/mol. The summed E-state index contributed by atoms with van der Waals surface area (Å²) in [5.41, 5.74) is 1.31. The third kappa shape index (κ3) is 2.56. The number of fused-ring (bicyclic) bond motifs is 1. The molecule has 0 spiro atoms. The average Bonchev–Trinajstić information content (AvgIpc) is 2.70. The van der Waals surface area contributed by atoms with Gasteiger partial charge in [-0.2, -0.15) is 0 Å². The highest BCUT2D eigenvalue weighted by Crippen LogP contribution is 2.32. The summed E-state index contributed by atoms with van der Waals surface area (Å²) in [5, 5.41) is 3.64. The van der Waals surface area contributed by atoms with Crippen LogP contribution in [-0.4, -0.2) is 12.6 Å². The third-order valence-electron chi connectivity index (χ3n) is 3.18. The van der Waals surface area contributed by atoms with E-state index < -0.39 is 0 Å². The van der Waals surface area contributed by atoms with Gasteiger partial charge in [0.15, 0.2) is 0 Å². The molecule has 88 valence electrons. The molecule has 1 heterocycles. The summed E-state index contributed by atoms with van der Waals surface area (Å²) >= 11 is 0. The van der Waals surface area contributed by atoms with Gasteiger partial charge in [0.2, 0.25) is 0 Å². The minimum atomic E-state index is 0.378. The maximum absolute atomic E-state index is 5.65. The quantitative estimate of drug-likeness (QED) is 0.820. The van der Waals surface area contributed by atoms with Gasteiger partial charge in [-0.15, -0.1) is 0 Å². The first-order valence-corrected chi connectivity index (χ1v) is 6.29. The summed E-state index contributed by atoms with van der Waals surface area (Å²) in [5.74, 6) is 1.04. The molecule has 0 saturated heterocycles. The number of hydrogen-bond donors (Lipinski definition) is 1. The van der Waals surface area contributed by atoms with E-state index in [1.807, 2.05) is 12.1 Å². The van der Waals surface area contributed by atoms with Gasteiger partial charge >= 0.3 is 0 Å². The van der Waals surface area contributed by atoms with Crippen LogP contribution in [0.3, 0.4) is 0 Å². The van der Waals surface area contributed by atoms with Crippen molar-refractivity contribution in [1.29, 1.82) is 0 Å². The fourth-order valence-corrected chi connectivity index (χ4v) is 2.24. The molecule has 2 heteroatoms. The minimum absolute atomic E-state index is 0.378. The Hall–Kier alpha value is -1.02. The number of para-hydroxylation sites is 1. The van der Waals surface area contributed by atoms with Crippen LogP contribution in [0, 0.1) is 0 Å². The zero-order chi connectivity index (χ0) is 11.4. The number of nitrogens with one attached hydrogen (secondary N) is 1. The summed E-state index contributed by atoms with van der Waals surface area (Å²) in [4.78, 5) is 0. The summed E-state index contributed by atoms with van der Waals surface area (Å²) in [6.45, 7) is 5.27. The number of ether oxygens (including phenoxy) is 1. The lowest BCUT2D eigenvalue weighted by molar-refractivity contribution is 0.296. The largest absolute Gasteiger partial charge is 0.491 e. The Balaban J connectivity index is 1.92. The minimum Gasteiger partial charge on any atom is -0.491 e. The highest BCUT2D eigenvalue weighted by molar-refractivity contribution is 5.39. The standard InChI is InChI=1S/C14H21NO/c1-3-4-7-11(2)15-13-10-16-14-9-6-5-8-12(13)14/h5-6,8-9,11,13,15H,3-4,7,10H2,1-2H3. The molecule has 2 unspecified atom stereocenters. The molecule has 2 nitrogen and oxygen atoms in total. The van der Waals surface area contributed by atoms with Crippen LogP contribution < -0.4 is 10.1 Å². The molecule has 0 aromatic heterocycles. The molecule has 16 heavy (non-hydrogen) atoms. The van der Waals surface area contributed by atoms with Crippen LogP contribution in [0.5, 0.6) is 5.75 Å². The predicted molar refractivity (Wildman–Crippen MR) is 66.8 cm³/mol. The molecule has 0 fully saturated rings. The van der Waals surface area contributed by atoms with E-state index in [1.54, 1.807) is 0 Å². The van der Waals surface area contributed by atoms with E-state index in [1.165, 1.54) is 24.8 Å². The topological polar surface area (TPSA) is 21.3 Å². The Morgan fingerprint density at radius 2 is 2.25 bits per heavy atom. The van der Waals surface area contributed by atoms with Crippen molar-refractivity contribution >= 4 is 0 Å². The Bertz CT molecular complexity index is 337. The zero-order valence-corrected chi connectivity index (χ0v) is 10.2. The van der Waals surface area contributed by atoms with E-state index in [0.29, 0.717) is 12.1 Å². The second-order valence-corrected chi connectivity index (χ2v) is 4.61. The number of rotatable bonds is 5. The number of benzene rings is 1. The molecule has 1 aromatic carbocycles. The first-order valence-electron chi connectivity index (χ1n) is 6.29. The Labute approximate surface area is 98.0 Å². The first kappa shape index (κ1) is 11.5. The molecule has 2 rings (SSSR count). The second-order valence-electron chi connectivity index (χ2n) is 4.61. The van der Waals surface area contributed by atoms with Gasteiger partial charge in [0.25, 0.3) is 0 Å². The molecule has 0 radical (unpaired) electrons. The Kier molecular flexibility index (Phi) is 3.83. The summed E-state index contributed by atoms with van der Waals surface area (Å²) < 4.78 is 5.65. The predicted octanol–water partition coefficient (Wildman–Crippen LogP) is 3.29. The smallest absolute Gasteiger partial charge is 0.124 e. The molecular formula is C14H21NO. The molecule has 1 N–H and O–H groups in total. The SMILES string of the molecule is CCCCC(C)NC1COc2ccccc21. The van der Waals surface area contributed by atoms with Crippen molar-refractivity contribution in [2.45, 2.75) is 45.2 Å². The molecule has 0 saturated carbocycles. The van der Waals surface area contributed by atoms with Crippen LogP contribution in [0.1, 0.15) is 44.7 Å². The highest BCUT2D eigenvalue weighted by atomic mass is 16.5. The average molecular weight is 219 g/mol. The van der Waals surface area contributed by atoms with Gasteiger partial charge < -0.3 is 10.1 Å². The van der Waals surface area contributed by atoms with Gasteiger partial charge in [-0.3, -0.25) is 0 Å². The van der Waals surface area contributed by atoms with Crippen LogP contribution in [0.15, 0.2) is 24.3 Å². The molecule has 1 aromatic rings. The molecule has 0 bridgehead atoms. The lowest BCUT2D eigenvalue weighted by Gasteiger charge is -2.18. The molecular weight excluding hydrogens is 198 g/mol. The Morgan fingerprint density at radius 1 is 1.44 bits per heavy atom. The van der Waals surface area contributed by atoms with Crippen molar-refractivity contribution in [1.82, 2.24) is 5.32 Å². The van der Waals surface area contributed by atoms with Crippen LogP contribution in [0.2, 0.25) is 0 Å². The van der Waals surface area contributed by atoms with Gasteiger partial charge in [0, 0.05) is 11.6 Å². The van der Waals surface area contributed by atoms with Gasteiger partial charge in [0.05, 0.1) is 6.04 Å². The van der Waals surface area contributed by atoms with E-state index in [2.05, 4.69) is 31.3 Å². The molecule has 0 amide bonds. The van der Waals surface area contributed by atoms with Gasteiger partial charge in [0.1, 0.15) is 12.4 Å². The van der Waals surface area contributed by atoms with Crippen molar-refractivity contribution in [2.75, 3.05) is 6.61 Å². The molecule has 2 atom stereocenters. The number of unbranched alkanes of at least 4 members (excludes halogenated alkanes) is 1. The van der Waals surface area contributed by atoms with Crippen molar-refractivity contribution in [2.24, 2.45) is 0 Å². The molecule has 0 aliphatic carbocycles. The normalized spacial score (nSPS) is 20.2. The zero-order valence-electron chi connectivity index (χ0n) is 10.2. The van der Waals surface area contributed by atoms with E-state index in [4.69, 9.17) is 4.74 Å². The van der Waals surface area contributed by atoms with Crippen molar-refractivity contribution in [3.8, 4) is 5.75 Å². The maximum atomic E-state index is 5.65. The maximum Gasteiger partial charge on any atom is 0.124 e. The van der Waals surface area contributed by atoms with Crippen molar-refractivity contribution < 1.29 is 4.74 Å². The van der Waals surface area contributed by atoms with Crippen LogP contribution in [0.4, 0.5) is 0 Å². The highest BCUT2D eigenvalue weighted by Gasteiger charge is 2.24. The van der Waals surface area contributed by atoms with Crippen molar-refractivity contribution in [3.05, 3.63) is 29.8 Å². The molecule has 1 aliphatic rings. The van der Waals surface area contributed by atoms with E-state index in [-0.39, 0.29) is 0 Å². The van der Waals surface area contributed by atoms with E-state index >= 15 is 0 Å². The van der Waals surface area contributed by atoms with Gasteiger partial charge in [-0.25, -0.2) is 0 Å². The Morgan fingerprint density at radius 3 is 3.06 bits per heavy atom. The fraction of sp³-hybridized carbons (Fsp3) is 0.571. The van der Waals surface area contributed by atoms with E-state index in [9.17, 15) is 0 Å². The fourth-order valence-electron chi connectivity index (χ4n) is 2.24. The van der Waals surface area contributed by atoms with E-state index in [0.717, 1.165) is 12.4 Å². The van der Waals surface area contributed by atoms with Crippen LogP contribution in [0.25, 0.3) is 0 Å². The van der Waals surface area contributed by atoms with Crippen molar-refractivity contribution in [3.63, 3.8) is 0 Å². The lowest BCUT2D eigenvalue weighted by Crippen LogP contribution is -2.31. The third-order valence-corrected chi connectivity index (χ3v) is 3.18. The summed E-state index contributed by atoms with van der Waals surface area (Å²) in [7, 11) is 0. The summed E-state index contributed by atoms with van der Waals surface area (Å²) in [6, 6.07) is 9.27.